The molecule has 1 aromatic rings. The van der Waals surface area contributed by atoms with Gasteiger partial charge in [0.1, 0.15) is 11.0 Å². The highest BCUT2D eigenvalue weighted by atomic mass is 35.5. The van der Waals surface area contributed by atoms with Crippen molar-refractivity contribution in [2.24, 2.45) is 5.92 Å². The van der Waals surface area contributed by atoms with Gasteiger partial charge in [-0.05, 0) is 18.6 Å². The first-order chi connectivity index (χ1) is 8.61. The molecule has 4 nitrogen and oxygen atoms in total. The quantitative estimate of drug-likeness (QED) is 0.344. The van der Waals surface area contributed by atoms with Crippen LogP contribution in [-0.4, -0.2) is 36.0 Å². The van der Waals surface area contributed by atoms with Crippen molar-refractivity contribution in [3.63, 3.8) is 0 Å². The fourth-order valence-corrected chi connectivity index (χ4v) is 1.86. The summed E-state index contributed by atoms with van der Waals surface area (Å²) < 4.78 is 5.51. The second kappa shape index (κ2) is 8.56. The smallest absolute Gasteiger partial charge is 0.190 e. The van der Waals surface area contributed by atoms with E-state index in [1.165, 1.54) is 11.8 Å². The van der Waals surface area contributed by atoms with Crippen LogP contribution in [0, 0.1) is 5.92 Å². The van der Waals surface area contributed by atoms with Crippen molar-refractivity contribution in [2.45, 2.75) is 25.4 Å². The Labute approximate surface area is 118 Å². The van der Waals surface area contributed by atoms with E-state index in [1.807, 2.05) is 6.26 Å². The van der Waals surface area contributed by atoms with E-state index in [-0.39, 0.29) is 0 Å². The van der Waals surface area contributed by atoms with E-state index < -0.39 is 0 Å². The van der Waals surface area contributed by atoms with Crippen molar-refractivity contribution in [3.8, 4) is 0 Å². The summed E-state index contributed by atoms with van der Waals surface area (Å²) in [6, 6.07) is 1.72. The van der Waals surface area contributed by atoms with E-state index in [9.17, 15) is 0 Å². The fourth-order valence-electron chi connectivity index (χ4n) is 1.25. The maximum Gasteiger partial charge on any atom is 0.190 e. The van der Waals surface area contributed by atoms with Crippen LogP contribution in [0.2, 0.25) is 5.15 Å². The van der Waals surface area contributed by atoms with Gasteiger partial charge in [0.2, 0.25) is 0 Å². The van der Waals surface area contributed by atoms with Crippen LogP contribution in [0.5, 0.6) is 0 Å². The minimum absolute atomic E-state index is 0.456. The molecule has 0 unspecified atom stereocenters. The van der Waals surface area contributed by atoms with E-state index >= 15 is 0 Å². The van der Waals surface area contributed by atoms with E-state index in [4.69, 9.17) is 16.3 Å². The molecule has 0 bridgehead atoms. The lowest BCUT2D eigenvalue weighted by molar-refractivity contribution is 0.132. The molecule has 102 valence electrons. The first-order valence-corrected chi connectivity index (χ1v) is 7.62. The van der Waals surface area contributed by atoms with Crippen molar-refractivity contribution < 1.29 is 4.74 Å². The molecule has 0 aliphatic heterocycles. The molecular formula is C12H20ClN3OS. The molecule has 0 amide bonds. The topological polar surface area (TPSA) is 47.0 Å². The lowest BCUT2D eigenvalue weighted by atomic mass is 10.1. The third-order valence-electron chi connectivity index (χ3n) is 2.25. The lowest BCUT2D eigenvalue weighted by Crippen LogP contribution is -2.12. The minimum Gasteiger partial charge on any atom is -0.380 e. The number of rotatable bonds is 8. The standard InChI is InChI=1S/C12H20ClN3OS/c1-9(2)4-6-17-7-5-14-11-8-10(13)15-12(16-11)18-3/h8-9H,4-7H2,1-3H3,(H,14,15,16). The van der Waals surface area contributed by atoms with Crippen molar-refractivity contribution in [2.75, 3.05) is 31.3 Å². The second-order valence-corrected chi connectivity index (χ2v) is 5.44. The molecular weight excluding hydrogens is 270 g/mol. The molecule has 0 radical (unpaired) electrons. The normalized spacial score (nSPS) is 10.9. The van der Waals surface area contributed by atoms with Crippen LogP contribution in [0.1, 0.15) is 20.3 Å². The number of halogens is 1. The number of ether oxygens (including phenoxy) is 1. The molecule has 1 aromatic heterocycles. The largest absolute Gasteiger partial charge is 0.380 e. The maximum atomic E-state index is 5.89. The first kappa shape index (κ1) is 15.5. The summed E-state index contributed by atoms with van der Waals surface area (Å²) >= 11 is 7.36. The highest BCUT2D eigenvalue weighted by Gasteiger charge is 2.01. The second-order valence-electron chi connectivity index (χ2n) is 4.28. The third-order valence-corrected chi connectivity index (χ3v) is 2.99. The Morgan fingerprint density at radius 1 is 1.39 bits per heavy atom. The highest BCUT2D eigenvalue weighted by molar-refractivity contribution is 7.98. The van der Waals surface area contributed by atoms with Crippen LogP contribution < -0.4 is 5.32 Å². The van der Waals surface area contributed by atoms with Gasteiger partial charge >= 0.3 is 0 Å². The Kier molecular flexibility index (Phi) is 7.39. The first-order valence-electron chi connectivity index (χ1n) is 6.02. The average molecular weight is 290 g/mol. The highest BCUT2D eigenvalue weighted by Crippen LogP contribution is 2.16. The molecule has 0 atom stereocenters. The van der Waals surface area contributed by atoms with E-state index in [2.05, 4.69) is 29.1 Å². The third kappa shape index (κ3) is 6.42. The Balaban J connectivity index is 2.24. The Hall–Kier alpha value is -0.520. The van der Waals surface area contributed by atoms with Gasteiger partial charge in [0.25, 0.3) is 0 Å². The van der Waals surface area contributed by atoms with Gasteiger partial charge in [-0.3, -0.25) is 0 Å². The molecule has 0 fully saturated rings. The Morgan fingerprint density at radius 2 is 2.17 bits per heavy atom. The van der Waals surface area contributed by atoms with E-state index in [0.29, 0.717) is 22.8 Å². The summed E-state index contributed by atoms with van der Waals surface area (Å²) in [5.41, 5.74) is 0. The Bertz CT molecular complexity index is 363. The molecule has 18 heavy (non-hydrogen) atoms. The summed E-state index contributed by atoms with van der Waals surface area (Å²) in [6.45, 7) is 6.57. The molecule has 6 heteroatoms. The van der Waals surface area contributed by atoms with Crippen LogP contribution in [0.25, 0.3) is 0 Å². The van der Waals surface area contributed by atoms with Gasteiger partial charge in [0.15, 0.2) is 5.16 Å². The van der Waals surface area contributed by atoms with Crippen molar-refractivity contribution in [3.05, 3.63) is 11.2 Å². The SMILES string of the molecule is CSc1nc(Cl)cc(NCCOCCC(C)C)n1. The summed E-state index contributed by atoms with van der Waals surface area (Å²) in [4.78, 5) is 8.37. The van der Waals surface area contributed by atoms with Gasteiger partial charge in [-0.1, -0.05) is 37.2 Å². The number of anilines is 1. The number of aromatic nitrogens is 2. The maximum absolute atomic E-state index is 5.89. The molecule has 0 aliphatic rings. The minimum atomic E-state index is 0.456. The molecule has 0 saturated heterocycles. The van der Waals surface area contributed by atoms with Crippen LogP contribution in [0.4, 0.5) is 5.82 Å². The number of thioether (sulfide) groups is 1. The van der Waals surface area contributed by atoms with Gasteiger partial charge in [-0.15, -0.1) is 0 Å². The molecule has 1 heterocycles. The van der Waals surface area contributed by atoms with E-state index in [0.717, 1.165) is 25.4 Å². The van der Waals surface area contributed by atoms with Gasteiger partial charge in [-0.2, -0.15) is 0 Å². The number of nitrogens with zero attached hydrogens (tertiary/aromatic N) is 2. The molecule has 0 saturated carbocycles. The monoisotopic (exact) mass is 289 g/mol. The fraction of sp³-hybridized carbons (Fsp3) is 0.667. The number of hydrogen-bond donors (Lipinski definition) is 1. The van der Waals surface area contributed by atoms with Gasteiger partial charge < -0.3 is 10.1 Å². The van der Waals surface area contributed by atoms with Crippen molar-refractivity contribution in [1.29, 1.82) is 0 Å². The summed E-state index contributed by atoms with van der Waals surface area (Å²) in [5.74, 6) is 1.43. The molecule has 0 aliphatic carbocycles. The lowest BCUT2D eigenvalue weighted by Gasteiger charge is -2.08. The van der Waals surface area contributed by atoms with Gasteiger partial charge in [0, 0.05) is 19.2 Å². The van der Waals surface area contributed by atoms with Crippen LogP contribution in [0.15, 0.2) is 11.2 Å². The summed E-state index contributed by atoms with van der Waals surface area (Å²) in [5, 5.41) is 4.30. The van der Waals surface area contributed by atoms with Crippen molar-refractivity contribution in [1.82, 2.24) is 9.97 Å². The van der Waals surface area contributed by atoms with Crippen LogP contribution in [0.3, 0.4) is 0 Å². The summed E-state index contributed by atoms with van der Waals surface area (Å²) in [6.07, 6.45) is 3.01. The zero-order chi connectivity index (χ0) is 13.4. The van der Waals surface area contributed by atoms with E-state index in [1.54, 1.807) is 6.07 Å². The zero-order valence-corrected chi connectivity index (χ0v) is 12.6. The van der Waals surface area contributed by atoms with Gasteiger partial charge in [-0.25, -0.2) is 9.97 Å². The zero-order valence-electron chi connectivity index (χ0n) is 11.1. The van der Waals surface area contributed by atoms with Crippen LogP contribution >= 0.6 is 23.4 Å². The predicted octanol–water partition coefficient (Wildman–Crippen LogP) is 3.33. The molecule has 0 aromatic carbocycles. The Morgan fingerprint density at radius 3 is 2.83 bits per heavy atom. The molecule has 1 N–H and O–H groups in total. The van der Waals surface area contributed by atoms with Crippen LogP contribution in [-0.2, 0) is 4.74 Å². The number of hydrogen-bond acceptors (Lipinski definition) is 5. The molecule has 0 spiro atoms. The number of nitrogens with one attached hydrogen (secondary N) is 1. The van der Waals surface area contributed by atoms with Crippen molar-refractivity contribution >= 4 is 29.2 Å². The molecule has 1 rings (SSSR count). The average Bonchev–Trinajstić information content (AvgIpc) is 2.32. The summed E-state index contributed by atoms with van der Waals surface area (Å²) in [7, 11) is 0. The van der Waals surface area contributed by atoms with Gasteiger partial charge in [0.05, 0.1) is 6.61 Å². The predicted molar refractivity (Wildman–Crippen MR) is 77.6 cm³/mol.